The van der Waals surface area contributed by atoms with E-state index in [4.69, 9.17) is 4.74 Å². The van der Waals surface area contributed by atoms with Crippen LogP contribution in [0.4, 0.5) is 4.39 Å². The highest BCUT2D eigenvalue weighted by molar-refractivity contribution is 7.90. The fourth-order valence-electron chi connectivity index (χ4n) is 1.80. The third-order valence-electron chi connectivity index (χ3n) is 2.97. The summed E-state index contributed by atoms with van der Waals surface area (Å²) in [6.07, 6.45) is 0.178. The first-order valence-corrected chi connectivity index (χ1v) is 7.97. The van der Waals surface area contributed by atoms with Crippen molar-refractivity contribution in [3.8, 4) is 5.75 Å². The van der Waals surface area contributed by atoms with Crippen LogP contribution in [-0.4, -0.2) is 41.5 Å². The summed E-state index contributed by atoms with van der Waals surface area (Å²) in [5, 5.41) is 10.8. The molecule has 0 aliphatic rings. The molecule has 21 heavy (non-hydrogen) atoms. The van der Waals surface area contributed by atoms with Crippen molar-refractivity contribution in [3.63, 3.8) is 0 Å². The summed E-state index contributed by atoms with van der Waals surface area (Å²) in [4.78, 5) is 0. The van der Waals surface area contributed by atoms with Crippen LogP contribution in [0.15, 0.2) is 18.2 Å². The van der Waals surface area contributed by atoms with E-state index in [1.165, 1.54) is 30.0 Å². The number of hydrogen-bond acceptors (Lipinski definition) is 6. The molecule has 1 heterocycles. The van der Waals surface area contributed by atoms with E-state index < -0.39 is 15.7 Å². The summed E-state index contributed by atoms with van der Waals surface area (Å²) < 4.78 is 44.2. The van der Waals surface area contributed by atoms with E-state index in [1.807, 2.05) is 0 Å². The smallest absolute Gasteiger partial charge is 0.155 e. The number of rotatable bonds is 6. The molecule has 2 aromatic rings. The molecule has 2 rings (SSSR count). The second-order valence-corrected chi connectivity index (χ2v) is 6.70. The average Bonchev–Trinajstić information content (AvgIpc) is 2.84. The van der Waals surface area contributed by atoms with Crippen LogP contribution in [-0.2, 0) is 29.1 Å². The maximum absolute atomic E-state index is 13.7. The second kappa shape index (κ2) is 6.17. The van der Waals surface area contributed by atoms with Crippen molar-refractivity contribution in [2.75, 3.05) is 12.9 Å². The molecule has 0 saturated heterocycles. The lowest BCUT2D eigenvalue weighted by atomic mass is 10.2. The van der Waals surface area contributed by atoms with Gasteiger partial charge in [-0.2, -0.15) is 0 Å². The fourth-order valence-corrected chi connectivity index (χ4v) is 3.14. The zero-order valence-electron chi connectivity index (χ0n) is 11.7. The van der Waals surface area contributed by atoms with Crippen LogP contribution in [0, 0.1) is 5.82 Å². The van der Waals surface area contributed by atoms with Crippen LogP contribution >= 0.6 is 0 Å². The average molecular weight is 314 g/mol. The van der Waals surface area contributed by atoms with Crippen LogP contribution in [0.3, 0.4) is 0 Å². The summed E-state index contributed by atoms with van der Waals surface area (Å²) in [6.45, 7) is 0. The van der Waals surface area contributed by atoms with Crippen molar-refractivity contribution in [1.29, 1.82) is 0 Å². The van der Waals surface area contributed by atoms with Crippen molar-refractivity contribution in [2.24, 2.45) is 7.05 Å². The van der Waals surface area contributed by atoms with E-state index in [9.17, 15) is 12.8 Å². The zero-order chi connectivity index (χ0) is 15.5. The van der Waals surface area contributed by atoms with Gasteiger partial charge in [-0.1, -0.05) is 0 Å². The van der Waals surface area contributed by atoms with Gasteiger partial charge >= 0.3 is 0 Å². The van der Waals surface area contributed by atoms with E-state index in [2.05, 4.69) is 15.5 Å². The number of hydrogen-bond donors (Lipinski definition) is 0. The molecule has 0 atom stereocenters. The van der Waals surface area contributed by atoms with E-state index in [-0.39, 0.29) is 23.5 Å². The molecular weight excluding hydrogens is 299 g/mol. The molecule has 0 amide bonds. The number of aryl methyl sites for hydroxylation is 2. The maximum Gasteiger partial charge on any atom is 0.155 e. The highest BCUT2D eigenvalue weighted by Crippen LogP contribution is 2.19. The molecule has 0 spiro atoms. The minimum absolute atomic E-state index is 0.0884. The molecular formula is C12H15FN4O3S. The minimum atomic E-state index is -3.48. The van der Waals surface area contributed by atoms with Gasteiger partial charge in [-0.15, -0.1) is 5.10 Å². The van der Waals surface area contributed by atoms with Gasteiger partial charge in [0.1, 0.15) is 11.6 Å². The number of halogens is 1. The molecule has 1 aromatic heterocycles. The first kappa shape index (κ1) is 15.4. The fraction of sp³-hybridized carbons (Fsp3) is 0.417. The van der Waals surface area contributed by atoms with Gasteiger partial charge in [-0.05, 0) is 28.6 Å². The highest BCUT2D eigenvalue weighted by atomic mass is 32.2. The lowest BCUT2D eigenvalue weighted by Crippen LogP contribution is -2.14. The molecule has 0 fully saturated rings. The molecule has 0 saturated carbocycles. The van der Waals surface area contributed by atoms with Gasteiger partial charge in [-0.25, -0.2) is 17.5 Å². The number of sulfone groups is 1. The van der Waals surface area contributed by atoms with E-state index in [0.29, 0.717) is 11.6 Å². The Balaban J connectivity index is 2.09. The zero-order valence-corrected chi connectivity index (χ0v) is 12.5. The van der Waals surface area contributed by atoms with Gasteiger partial charge in [0.2, 0.25) is 0 Å². The van der Waals surface area contributed by atoms with Gasteiger partial charge in [0.15, 0.2) is 15.7 Å². The van der Waals surface area contributed by atoms with Crippen LogP contribution in [0.1, 0.15) is 11.4 Å². The number of tetrazole rings is 1. The molecule has 0 radical (unpaired) electrons. The maximum atomic E-state index is 13.7. The summed E-state index contributed by atoms with van der Waals surface area (Å²) in [5.74, 6) is -0.234. The van der Waals surface area contributed by atoms with Crippen molar-refractivity contribution in [1.82, 2.24) is 20.2 Å². The topological polar surface area (TPSA) is 87.0 Å². The molecule has 7 nitrogen and oxygen atoms in total. The lowest BCUT2D eigenvalue weighted by molar-refractivity contribution is 0.413. The first-order chi connectivity index (χ1) is 9.91. The normalized spacial score (nSPS) is 11.6. The van der Waals surface area contributed by atoms with Crippen molar-refractivity contribution < 1.29 is 17.5 Å². The summed E-state index contributed by atoms with van der Waals surface area (Å²) >= 11 is 0. The Kier molecular flexibility index (Phi) is 4.51. The molecule has 0 aliphatic carbocycles. The Morgan fingerprint density at radius 1 is 1.38 bits per heavy atom. The van der Waals surface area contributed by atoms with Crippen molar-refractivity contribution in [2.45, 2.75) is 12.2 Å². The Hall–Kier alpha value is -2.03. The van der Waals surface area contributed by atoms with E-state index >= 15 is 0 Å². The molecule has 0 N–H and O–H groups in total. The van der Waals surface area contributed by atoms with Crippen LogP contribution in [0.2, 0.25) is 0 Å². The van der Waals surface area contributed by atoms with Gasteiger partial charge < -0.3 is 4.74 Å². The molecule has 114 valence electrons. The molecule has 0 bridgehead atoms. The molecule has 0 unspecified atom stereocenters. The monoisotopic (exact) mass is 314 g/mol. The quantitative estimate of drug-likeness (QED) is 0.772. The second-order valence-electron chi connectivity index (χ2n) is 4.52. The van der Waals surface area contributed by atoms with Gasteiger partial charge in [0.25, 0.3) is 0 Å². The third kappa shape index (κ3) is 3.97. The SMILES string of the molecule is COc1ccc(F)c(CS(=O)(=O)CCc2nnnn2C)c1. The number of nitrogens with zero attached hydrogens (tertiary/aromatic N) is 4. The highest BCUT2D eigenvalue weighted by Gasteiger charge is 2.17. The molecule has 0 aliphatic heterocycles. The summed E-state index contributed by atoms with van der Waals surface area (Å²) in [7, 11) is -0.414. The number of benzene rings is 1. The van der Waals surface area contributed by atoms with Crippen LogP contribution < -0.4 is 4.74 Å². The standard InChI is InChI=1S/C12H15FN4O3S/c1-17-12(14-15-16-17)5-6-21(18,19)8-9-7-10(20-2)3-4-11(9)13/h3-4,7H,5-6,8H2,1-2H3. The van der Waals surface area contributed by atoms with E-state index in [1.54, 1.807) is 7.05 Å². The Morgan fingerprint density at radius 2 is 2.14 bits per heavy atom. The van der Waals surface area contributed by atoms with Crippen molar-refractivity contribution in [3.05, 3.63) is 35.4 Å². The first-order valence-electron chi connectivity index (χ1n) is 6.15. The predicted molar refractivity (Wildman–Crippen MR) is 72.9 cm³/mol. The summed E-state index contributed by atoms with van der Waals surface area (Å²) in [6, 6.07) is 4.02. The predicted octanol–water partition coefficient (Wildman–Crippen LogP) is 0.515. The Morgan fingerprint density at radius 3 is 2.76 bits per heavy atom. The van der Waals surface area contributed by atoms with Crippen LogP contribution in [0.5, 0.6) is 5.75 Å². The molecule has 1 aromatic carbocycles. The summed E-state index contributed by atoms with van der Waals surface area (Å²) in [5.41, 5.74) is 0.0884. The molecule has 9 heteroatoms. The van der Waals surface area contributed by atoms with Crippen molar-refractivity contribution >= 4 is 9.84 Å². The largest absolute Gasteiger partial charge is 0.497 e. The lowest BCUT2D eigenvalue weighted by Gasteiger charge is -2.07. The van der Waals surface area contributed by atoms with Gasteiger partial charge in [0.05, 0.1) is 18.6 Å². The number of ether oxygens (including phenoxy) is 1. The van der Waals surface area contributed by atoms with Crippen LogP contribution in [0.25, 0.3) is 0 Å². The Labute approximate surface area is 121 Å². The minimum Gasteiger partial charge on any atom is -0.497 e. The Bertz CT molecular complexity index is 730. The number of methoxy groups -OCH3 is 1. The van der Waals surface area contributed by atoms with Gasteiger partial charge in [-0.3, -0.25) is 0 Å². The third-order valence-corrected chi connectivity index (χ3v) is 4.55. The van der Waals surface area contributed by atoms with E-state index in [0.717, 1.165) is 0 Å². The number of aromatic nitrogens is 4. The van der Waals surface area contributed by atoms with Gasteiger partial charge in [0, 0.05) is 19.0 Å².